The highest BCUT2D eigenvalue weighted by molar-refractivity contribution is 6.13. The van der Waals surface area contributed by atoms with Crippen molar-refractivity contribution < 1.29 is 70.1 Å². The van der Waals surface area contributed by atoms with Gasteiger partial charge in [-0.2, -0.15) is 0 Å². The van der Waals surface area contributed by atoms with Crippen LogP contribution >= 0.6 is 0 Å². The van der Waals surface area contributed by atoms with E-state index < -0.39 is 100 Å². The van der Waals surface area contributed by atoms with E-state index in [9.17, 15) is 60.7 Å². The number of phenols is 7. The van der Waals surface area contributed by atoms with Crippen LogP contribution in [-0.4, -0.2) is 93.8 Å². The van der Waals surface area contributed by atoms with Crippen LogP contribution in [-0.2, 0) is 9.47 Å². The number of ether oxygens (including phenoxy) is 2. The van der Waals surface area contributed by atoms with Crippen molar-refractivity contribution in [3.63, 3.8) is 0 Å². The third-order valence-electron chi connectivity index (χ3n) is 6.35. The number of benzene rings is 3. The van der Waals surface area contributed by atoms with E-state index in [1.807, 2.05) is 0 Å². The van der Waals surface area contributed by atoms with Crippen molar-refractivity contribution in [3.05, 3.63) is 64.7 Å². The van der Waals surface area contributed by atoms with Crippen LogP contribution in [0.2, 0.25) is 0 Å². The maximum atomic E-state index is 13.1. The van der Waals surface area contributed by atoms with Crippen LogP contribution in [0.1, 0.15) is 37.9 Å². The van der Waals surface area contributed by atoms with Crippen LogP contribution in [0.4, 0.5) is 0 Å². The van der Waals surface area contributed by atoms with Crippen molar-refractivity contribution in [3.8, 4) is 40.2 Å². The average Bonchev–Trinajstić information content (AvgIpc) is 2.90. The zero-order valence-electron chi connectivity index (χ0n) is 20.2. The SMILES string of the molecule is O=C(O[C@H]1[C@@H](O)[C@H](O)[C@@H](CO)O[C@H]1c1c(O)cc(O)c(C(=O)c2ccc(O)cc2)c1O)c1cc(O)c(O)c(O)c1. The standard InChI is InChI=1S/C26H24O14/c27-8-16-21(35)23(37)25(40-26(38)10-5-14(31)20(34)15(32)6-10)24(39-16)18-13(30)7-12(29)17(22(18)36)19(33)9-1-3-11(28)4-2-9/h1-7,16,21,23-25,27-32,34-37H,8H2/t16-,21-,23+,24+,25+/m1/s1. The van der Waals surface area contributed by atoms with Gasteiger partial charge in [0.25, 0.3) is 0 Å². The first kappa shape index (κ1) is 28.3. The number of aromatic hydroxyl groups is 7. The molecule has 40 heavy (non-hydrogen) atoms. The molecule has 1 aliphatic heterocycles. The van der Waals surface area contributed by atoms with E-state index in [4.69, 9.17) is 9.47 Å². The molecular weight excluding hydrogens is 536 g/mol. The minimum atomic E-state index is -2.02. The molecule has 1 aliphatic rings. The van der Waals surface area contributed by atoms with Gasteiger partial charge in [-0.1, -0.05) is 0 Å². The monoisotopic (exact) mass is 560 g/mol. The third-order valence-corrected chi connectivity index (χ3v) is 6.35. The Morgan fingerprint density at radius 2 is 1.35 bits per heavy atom. The molecule has 14 heteroatoms. The molecule has 0 aliphatic carbocycles. The summed E-state index contributed by atoms with van der Waals surface area (Å²) in [5.41, 5.74) is -2.02. The Morgan fingerprint density at radius 3 is 1.93 bits per heavy atom. The lowest BCUT2D eigenvalue weighted by molar-refractivity contribution is -0.232. The van der Waals surface area contributed by atoms with Crippen LogP contribution in [0, 0.1) is 0 Å². The van der Waals surface area contributed by atoms with Gasteiger partial charge in [0.15, 0.2) is 23.4 Å². The summed E-state index contributed by atoms with van der Waals surface area (Å²) < 4.78 is 10.8. The Kier molecular flexibility index (Phi) is 7.61. The Balaban J connectivity index is 1.80. The summed E-state index contributed by atoms with van der Waals surface area (Å²) in [6.45, 7) is -0.881. The topological polar surface area (TPSA) is 255 Å². The second-order valence-electron chi connectivity index (χ2n) is 8.92. The highest BCUT2D eigenvalue weighted by atomic mass is 16.6. The van der Waals surface area contributed by atoms with E-state index in [0.29, 0.717) is 6.07 Å². The lowest BCUT2D eigenvalue weighted by atomic mass is 9.88. The molecule has 212 valence electrons. The number of aliphatic hydroxyl groups is 3. The summed E-state index contributed by atoms with van der Waals surface area (Å²) in [4.78, 5) is 26.0. The lowest BCUT2D eigenvalue weighted by Gasteiger charge is -2.42. The molecule has 1 fully saturated rings. The van der Waals surface area contributed by atoms with Crippen molar-refractivity contribution in [1.29, 1.82) is 0 Å². The van der Waals surface area contributed by atoms with Gasteiger partial charge in [0.05, 0.1) is 17.7 Å². The first-order chi connectivity index (χ1) is 18.8. The Hall–Kier alpha value is -4.76. The van der Waals surface area contributed by atoms with Crippen molar-refractivity contribution >= 4 is 11.8 Å². The van der Waals surface area contributed by atoms with Gasteiger partial charge in [-0.05, 0) is 36.4 Å². The van der Waals surface area contributed by atoms with Crippen molar-refractivity contribution in [2.24, 2.45) is 0 Å². The predicted molar refractivity (Wildman–Crippen MR) is 130 cm³/mol. The predicted octanol–water partition coefficient (Wildman–Crippen LogP) is 0.236. The third kappa shape index (κ3) is 4.99. The number of carbonyl (C=O) groups excluding carboxylic acids is 2. The minimum Gasteiger partial charge on any atom is -0.508 e. The fraction of sp³-hybridized carbons (Fsp3) is 0.231. The van der Waals surface area contributed by atoms with Crippen molar-refractivity contribution in [2.45, 2.75) is 30.5 Å². The molecule has 0 unspecified atom stereocenters. The Morgan fingerprint density at radius 1 is 0.750 bits per heavy atom. The van der Waals surface area contributed by atoms with Gasteiger partial charge < -0.3 is 60.5 Å². The largest absolute Gasteiger partial charge is 0.508 e. The molecule has 1 heterocycles. The maximum Gasteiger partial charge on any atom is 0.338 e. The van der Waals surface area contributed by atoms with E-state index in [1.165, 1.54) is 24.3 Å². The highest BCUT2D eigenvalue weighted by Gasteiger charge is 2.49. The Bertz CT molecular complexity index is 1430. The molecule has 0 aromatic heterocycles. The molecule has 5 atom stereocenters. The van der Waals surface area contributed by atoms with Gasteiger partial charge in [0.1, 0.15) is 53.0 Å². The first-order valence-corrected chi connectivity index (χ1v) is 11.6. The summed E-state index contributed by atoms with van der Waals surface area (Å²) in [5, 5.41) is 101. The highest BCUT2D eigenvalue weighted by Crippen LogP contribution is 2.47. The van der Waals surface area contributed by atoms with Gasteiger partial charge in [-0.25, -0.2) is 4.79 Å². The van der Waals surface area contributed by atoms with E-state index >= 15 is 0 Å². The number of ketones is 1. The molecule has 3 aromatic carbocycles. The van der Waals surface area contributed by atoms with Crippen LogP contribution in [0.15, 0.2) is 42.5 Å². The lowest BCUT2D eigenvalue weighted by Crippen LogP contribution is -2.56. The second kappa shape index (κ2) is 10.8. The van der Waals surface area contributed by atoms with Gasteiger partial charge >= 0.3 is 5.97 Å². The van der Waals surface area contributed by atoms with Crippen LogP contribution in [0.3, 0.4) is 0 Å². The summed E-state index contributed by atoms with van der Waals surface area (Å²) in [6, 6.07) is 6.84. The number of aliphatic hydroxyl groups excluding tert-OH is 3. The fourth-order valence-corrected chi connectivity index (χ4v) is 4.29. The Labute approximate surface area is 224 Å². The van der Waals surface area contributed by atoms with E-state index in [-0.39, 0.29) is 11.3 Å². The summed E-state index contributed by atoms with van der Waals surface area (Å²) in [7, 11) is 0. The summed E-state index contributed by atoms with van der Waals surface area (Å²) in [6.07, 6.45) is -9.25. The van der Waals surface area contributed by atoms with E-state index in [0.717, 1.165) is 12.1 Å². The molecule has 0 spiro atoms. The van der Waals surface area contributed by atoms with E-state index in [1.54, 1.807) is 0 Å². The number of hydrogen-bond acceptors (Lipinski definition) is 14. The van der Waals surface area contributed by atoms with Crippen molar-refractivity contribution in [2.75, 3.05) is 6.61 Å². The molecule has 10 N–H and O–H groups in total. The summed E-state index contributed by atoms with van der Waals surface area (Å²) >= 11 is 0. The van der Waals surface area contributed by atoms with Crippen LogP contribution in [0.25, 0.3) is 0 Å². The molecule has 0 saturated carbocycles. The number of carbonyl (C=O) groups is 2. The zero-order valence-corrected chi connectivity index (χ0v) is 20.2. The normalized spacial score (nSPS) is 22.5. The number of esters is 1. The molecule has 14 nitrogen and oxygen atoms in total. The fourth-order valence-electron chi connectivity index (χ4n) is 4.29. The maximum absolute atomic E-state index is 13.1. The number of hydrogen-bond donors (Lipinski definition) is 10. The van der Waals surface area contributed by atoms with Gasteiger partial charge in [0, 0.05) is 11.6 Å². The van der Waals surface area contributed by atoms with Gasteiger partial charge in [-0.15, -0.1) is 0 Å². The second-order valence-corrected chi connectivity index (χ2v) is 8.92. The number of phenolic OH excluding ortho intramolecular Hbond substituents is 7. The van der Waals surface area contributed by atoms with Crippen LogP contribution in [0.5, 0.6) is 40.2 Å². The quantitative estimate of drug-likeness (QED) is 0.110. The van der Waals surface area contributed by atoms with E-state index in [2.05, 4.69) is 0 Å². The van der Waals surface area contributed by atoms with Crippen molar-refractivity contribution in [1.82, 2.24) is 0 Å². The minimum absolute atomic E-state index is 0.0942. The first-order valence-electron chi connectivity index (χ1n) is 11.6. The molecule has 1 saturated heterocycles. The smallest absolute Gasteiger partial charge is 0.338 e. The average molecular weight is 560 g/mol. The molecule has 4 rings (SSSR count). The molecule has 0 radical (unpaired) electrons. The van der Waals surface area contributed by atoms with Crippen LogP contribution < -0.4 is 0 Å². The molecule has 0 amide bonds. The molecule has 0 bridgehead atoms. The van der Waals surface area contributed by atoms with Gasteiger partial charge in [0.2, 0.25) is 5.78 Å². The molecular formula is C26H24O14. The summed E-state index contributed by atoms with van der Waals surface area (Å²) in [5.74, 6) is -7.99. The van der Waals surface area contributed by atoms with Gasteiger partial charge in [-0.3, -0.25) is 4.79 Å². The molecule has 3 aromatic rings. The zero-order chi connectivity index (χ0) is 29.5. The number of rotatable bonds is 6.